The average Bonchev–Trinajstić information content (AvgIpc) is 2.70. The lowest BCUT2D eigenvalue weighted by atomic mass is 10.3. The van der Waals surface area contributed by atoms with Crippen LogP contribution < -0.4 is 11.1 Å². The number of carbonyl (C=O) groups excluding carboxylic acids is 1. The Balaban J connectivity index is 2.35. The van der Waals surface area contributed by atoms with Crippen LogP contribution in [0, 0.1) is 0 Å². The van der Waals surface area contributed by atoms with E-state index in [1.54, 1.807) is 0 Å². The normalized spacial score (nSPS) is 10.7. The quantitative estimate of drug-likeness (QED) is 0.659. The molecular weight excluding hydrogens is 216 g/mol. The Hall–Kier alpha value is -1.36. The Morgan fingerprint density at radius 1 is 1.53 bits per heavy atom. The zero-order valence-electron chi connectivity index (χ0n) is 10.7. The van der Waals surface area contributed by atoms with Gasteiger partial charge in [-0.2, -0.15) is 5.10 Å². The lowest BCUT2D eigenvalue weighted by Gasteiger charge is -2.05. The van der Waals surface area contributed by atoms with Crippen LogP contribution in [0.1, 0.15) is 38.1 Å². The number of rotatable bonds is 8. The van der Waals surface area contributed by atoms with Crippen LogP contribution in [-0.4, -0.2) is 22.2 Å². The van der Waals surface area contributed by atoms with Gasteiger partial charge < -0.3 is 11.1 Å². The molecule has 0 atom stereocenters. The number of primary amides is 1. The maximum absolute atomic E-state index is 10.6. The van der Waals surface area contributed by atoms with Crippen LogP contribution in [0.5, 0.6) is 0 Å². The number of aromatic nitrogens is 2. The van der Waals surface area contributed by atoms with Crippen molar-refractivity contribution in [3.63, 3.8) is 0 Å². The molecule has 0 aliphatic heterocycles. The van der Waals surface area contributed by atoms with Crippen LogP contribution in [0.3, 0.4) is 0 Å². The van der Waals surface area contributed by atoms with Crippen LogP contribution in [0.2, 0.25) is 0 Å². The molecule has 1 heterocycles. The minimum absolute atomic E-state index is 0.237. The fourth-order valence-corrected chi connectivity index (χ4v) is 1.71. The number of nitrogens with two attached hydrogens (primary N) is 1. The molecule has 1 aromatic rings. The number of nitrogens with zero attached hydrogens (tertiary/aromatic N) is 2. The second-order valence-corrected chi connectivity index (χ2v) is 4.04. The molecule has 0 saturated carbocycles. The Morgan fingerprint density at radius 2 is 2.29 bits per heavy atom. The number of amides is 1. The Bertz CT molecular complexity index is 359. The molecule has 0 fully saturated rings. The van der Waals surface area contributed by atoms with Crippen molar-refractivity contribution >= 4 is 5.91 Å². The minimum Gasteiger partial charge on any atom is -0.370 e. The summed E-state index contributed by atoms with van der Waals surface area (Å²) in [4.78, 5) is 10.6. The van der Waals surface area contributed by atoms with Gasteiger partial charge in [-0.15, -0.1) is 0 Å². The third kappa shape index (κ3) is 4.56. The van der Waals surface area contributed by atoms with E-state index < -0.39 is 0 Å². The van der Waals surface area contributed by atoms with Crippen molar-refractivity contribution < 1.29 is 4.79 Å². The molecule has 0 unspecified atom stereocenters. The van der Waals surface area contributed by atoms with E-state index >= 15 is 0 Å². The van der Waals surface area contributed by atoms with Crippen LogP contribution in [0.15, 0.2) is 6.07 Å². The fraction of sp³-hybridized carbons (Fsp3) is 0.667. The molecule has 0 aromatic carbocycles. The first-order valence-electron chi connectivity index (χ1n) is 6.22. The molecule has 0 aliphatic rings. The van der Waals surface area contributed by atoms with Crippen molar-refractivity contribution in [1.82, 2.24) is 15.1 Å². The van der Waals surface area contributed by atoms with E-state index in [9.17, 15) is 4.79 Å². The van der Waals surface area contributed by atoms with Crippen molar-refractivity contribution in [3.8, 4) is 0 Å². The minimum atomic E-state index is -0.237. The first-order chi connectivity index (χ1) is 8.17. The Labute approximate surface area is 102 Å². The Kier molecular flexibility index (Phi) is 5.69. The summed E-state index contributed by atoms with van der Waals surface area (Å²) in [5.41, 5.74) is 7.40. The molecule has 0 aliphatic carbocycles. The zero-order chi connectivity index (χ0) is 12.7. The lowest BCUT2D eigenvalue weighted by molar-refractivity contribution is -0.118. The Morgan fingerprint density at radius 3 is 2.88 bits per heavy atom. The summed E-state index contributed by atoms with van der Waals surface area (Å²) >= 11 is 0. The van der Waals surface area contributed by atoms with Crippen molar-refractivity contribution in [2.75, 3.05) is 6.54 Å². The molecule has 1 amide bonds. The topological polar surface area (TPSA) is 72.9 Å². The average molecular weight is 238 g/mol. The van der Waals surface area contributed by atoms with Gasteiger partial charge in [0.15, 0.2) is 0 Å². The van der Waals surface area contributed by atoms with Crippen LogP contribution in [0.4, 0.5) is 0 Å². The summed E-state index contributed by atoms with van der Waals surface area (Å²) in [7, 11) is 0. The highest BCUT2D eigenvalue weighted by Gasteiger charge is 2.04. The summed E-state index contributed by atoms with van der Waals surface area (Å²) in [6.07, 6.45) is 2.19. The number of hydrogen-bond acceptors (Lipinski definition) is 3. The van der Waals surface area contributed by atoms with Gasteiger partial charge in [0.2, 0.25) is 5.91 Å². The highest BCUT2D eigenvalue weighted by atomic mass is 16.1. The largest absolute Gasteiger partial charge is 0.370 e. The maximum Gasteiger partial charge on any atom is 0.217 e. The molecule has 0 radical (unpaired) electrons. The van der Waals surface area contributed by atoms with Crippen molar-refractivity contribution in [2.24, 2.45) is 5.73 Å². The van der Waals surface area contributed by atoms with E-state index in [0.717, 1.165) is 38.2 Å². The number of aryl methyl sites for hydroxylation is 2. The van der Waals surface area contributed by atoms with Crippen molar-refractivity contribution in [1.29, 1.82) is 0 Å². The third-order valence-corrected chi connectivity index (χ3v) is 2.66. The summed E-state index contributed by atoms with van der Waals surface area (Å²) < 4.78 is 2.01. The van der Waals surface area contributed by atoms with Gasteiger partial charge in [0.25, 0.3) is 0 Å². The van der Waals surface area contributed by atoms with Gasteiger partial charge in [-0.3, -0.25) is 9.48 Å². The second kappa shape index (κ2) is 7.06. The first kappa shape index (κ1) is 13.7. The first-order valence-corrected chi connectivity index (χ1v) is 6.22. The third-order valence-electron chi connectivity index (χ3n) is 2.66. The summed E-state index contributed by atoms with van der Waals surface area (Å²) in [5.74, 6) is -0.237. The van der Waals surface area contributed by atoms with Gasteiger partial charge in [-0.25, -0.2) is 0 Å². The summed E-state index contributed by atoms with van der Waals surface area (Å²) in [5, 5.41) is 7.78. The van der Waals surface area contributed by atoms with E-state index in [1.807, 2.05) is 4.68 Å². The molecule has 5 heteroatoms. The van der Waals surface area contributed by atoms with Gasteiger partial charge in [-0.05, 0) is 32.4 Å². The molecular formula is C12H22N4O. The van der Waals surface area contributed by atoms with Crippen molar-refractivity contribution in [2.45, 2.75) is 46.2 Å². The van der Waals surface area contributed by atoms with Gasteiger partial charge in [0, 0.05) is 19.5 Å². The fourth-order valence-electron chi connectivity index (χ4n) is 1.71. The maximum atomic E-state index is 10.6. The highest BCUT2D eigenvalue weighted by Crippen LogP contribution is 2.05. The summed E-state index contributed by atoms with van der Waals surface area (Å²) in [6.45, 7) is 6.67. The molecule has 0 saturated heterocycles. The zero-order valence-corrected chi connectivity index (χ0v) is 10.7. The smallest absolute Gasteiger partial charge is 0.217 e. The molecule has 0 spiro atoms. The van der Waals surface area contributed by atoms with E-state index in [4.69, 9.17) is 5.73 Å². The molecule has 3 N–H and O–H groups in total. The van der Waals surface area contributed by atoms with Crippen LogP contribution in [0.25, 0.3) is 0 Å². The van der Waals surface area contributed by atoms with E-state index in [1.165, 1.54) is 5.69 Å². The van der Waals surface area contributed by atoms with Gasteiger partial charge in [-0.1, -0.05) is 6.92 Å². The van der Waals surface area contributed by atoms with E-state index in [0.29, 0.717) is 6.42 Å². The monoisotopic (exact) mass is 238 g/mol. The second-order valence-electron chi connectivity index (χ2n) is 4.04. The molecule has 0 bridgehead atoms. The number of nitrogens with one attached hydrogen (secondary N) is 1. The van der Waals surface area contributed by atoms with Crippen LogP contribution in [-0.2, 0) is 24.3 Å². The van der Waals surface area contributed by atoms with Crippen molar-refractivity contribution in [3.05, 3.63) is 17.5 Å². The lowest BCUT2D eigenvalue weighted by Crippen LogP contribution is -2.19. The number of hydrogen-bond donors (Lipinski definition) is 2. The predicted molar refractivity (Wildman–Crippen MR) is 67.4 cm³/mol. The molecule has 17 heavy (non-hydrogen) atoms. The summed E-state index contributed by atoms with van der Waals surface area (Å²) in [6, 6.07) is 2.13. The predicted octanol–water partition coefficient (Wildman–Crippen LogP) is 0.820. The molecule has 1 rings (SSSR count). The van der Waals surface area contributed by atoms with E-state index in [-0.39, 0.29) is 5.91 Å². The standard InChI is InChI=1S/C12H22N4O/c1-3-10-8-11(16(4-2)15-10)9-14-7-5-6-12(13)17/h8,14H,3-7,9H2,1-2H3,(H2,13,17). The van der Waals surface area contributed by atoms with E-state index in [2.05, 4.69) is 30.3 Å². The molecule has 1 aromatic heterocycles. The number of carbonyl (C=O) groups is 1. The highest BCUT2D eigenvalue weighted by molar-refractivity contribution is 5.73. The van der Waals surface area contributed by atoms with Crippen LogP contribution >= 0.6 is 0 Å². The molecule has 5 nitrogen and oxygen atoms in total. The molecule has 96 valence electrons. The van der Waals surface area contributed by atoms with Gasteiger partial charge in [0.1, 0.15) is 0 Å². The van der Waals surface area contributed by atoms with Gasteiger partial charge >= 0.3 is 0 Å². The SMILES string of the molecule is CCc1cc(CNCCCC(N)=O)n(CC)n1. The van der Waals surface area contributed by atoms with Gasteiger partial charge in [0.05, 0.1) is 11.4 Å².